The van der Waals surface area contributed by atoms with E-state index in [1.165, 1.54) is 6.92 Å². The predicted octanol–water partition coefficient (Wildman–Crippen LogP) is 2.61. The Balaban J connectivity index is 2.71. The highest BCUT2D eigenvalue weighted by atomic mass is 32.2. The van der Waals surface area contributed by atoms with Crippen LogP contribution in [0.4, 0.5) is 0 Å². The molecule has 1 heterocycles. The SMILES string of the molecule is CSc1nc(/C=C(\C)C(O)CC(C)=O)cs1. The minimum Gasteiger partial charge on any atom is -0.388 e. The molecule has 0 aromatic carbocycles. The average molecular weight is 257 g/mol. The molecule has 0 amide bonds. The van der Waals surface area contributed by atoms with Crippen LogP contribution < -0.4 is 0 Å². The molecule has 1 rings (SSSR count). The molecule has 0 saturated heterocycles. The average Bonchev–Trinajstić information content (AvgIpc) is 2.64. The van der Waals surface area contributed by atoms with Gasteiger partial charge in [0.05, 0.1) is 11.8 Å². The number of aromatic nitrogens is 1. The van der Waals surface area contributed by atoms with Gasteiger partial charge in [0, 0.05) is 11.8 Å². The van der Waals surface area contributed by atoms with Gasteiger partial charge in [-0.15, -0.1) is 11.3 Å². The van der Waals surface area contributed by atoms with E-state index in [1.807, 2.05) is 24.6 Å². The number of ketones is 1. The Morgan fingerprint density at radius 2 is 2.38 bits per heavy atom. The minimum absolute atomic E-state index is 0.0108. The van der Waals surface area contributed by atoms with Crippen LogP contribution in [-0.2, 0) is 4.79 Å². The van der Waals surface area contributed by atoms with Gasteiger partial charge in [-0.3, -0.25) is 4.79 Å². The molecular formula is C11H15NO2S2. The van der Waals surface area contributed by atoms with Crippen molar-refractivity contribution in [2.75, 3.05) is 6.26 Å². The second-order valence-corrected chi connectivity index (χ2v) is 5.46. The Kier molecular flexibility index (Phi) is 5.18. The molecule has 1 unspecified atom stereocenters. The summed E-state index contributed by atoms with van der Waals surface area (Å²) in [6, 6.07) is 0. The van der Waals surface area contributed by atoms with Crippen molar-refractivity contribution >= 4 is 35.0 Å². The van der Waals surface area contributed by atoms with E-state index in [4.69, 9.17) is 0 Å². The van der Waals surface area contributed by atoms with Crippen LogP contribution in [0.3, 0.4) is 0 Å². The lowest BCUT2D eigenvalue weighted by Crippen LogP contribution is -2.12. The molecule has 1 atom stereocenters. The van der Waals surface area contributed by atoms with E-state index in [-0.39, 0.29) is 12.2 Å². The summed E-state index contributed by atoms with van der Waals surface area (Å²) in [6.45, 7) is 3.29. The van der Waals surface area contributed by atoms with Crippen LogP contribution in [-0.4, -0.2) is 28.2 Å². The van der Waals surface area contributed by atoms with Crippen LogP contribution in [0.2, 0.25) is 0 Å². The standard InChI is InChI=1S/C11H15NO2S2/c1-7(10(14)5-8(2)13)4-9-6-16-11(12-9)15-3/h4,6,10,14H,5H2,1-3H3/b7-4+. The van der Waals surface area contributed by atoms with E-state index in [1.54, 1.807) is 23.1 Å². The number of thiazole rings is 1. The topological polar surface area (TPSA) is 50.2 Å². The number of hydrogen-bond acceptors (Lipinski definition) is 5. The van der Waals surface area contributed by atoms with Gasteiger partial charge in [-0.05, 0) is 31.8 Å². The maximum absolute atomic E-state index is 10.9. The molecule has 5 heteroatoms. The zero-order valence-electron chi connectivity index (χ0n) is 9.56. The second-order valence-electron chi connectivity index (χ2n) is 3.55. The van der Waals surface area contributed by atoms with E-state index in [2.05, 4.69) is 4.98 Å². The number of aliphatic hydroxyl groups excluding tert-OH is 1. The van der Waals surface area contributed by atoms with E-state index < -0.39 is 6.10 Å². The van der Waals surface area contributed by atoms with Crippen molar-refractivity contribution < 1.29 is 9.90 Å². The number of nitrogens with zero attached hydrogens (tertiary/aromatic N) is 1. The number of thioether (sulfide) groups is 1. The van der Waals surface area contributed by atoms with E-state index in [0.717, 1.165) is 15.6 Å². The highest BCUT2D eigenvalue weighted by molar-refractivity contribution is 8.00. The summed E-state index contributed by atoms with van der Waals surface area (Å²) in [5.41, 5.74) is 1.61. The molecule has 0 fully saturated rings. The molecule has 0 spiro atoms. The maximum atomic E-state index is 10.9. The fourth-order valence-corrected chi connectivity index (χ4v) is 2.42. The molecule has 0 aliphatic heterocycles. The second kappa shape index (κ2) is 6.18. The first kappa shape index (κ1) is 13.4. The quantitative estimate of drug-likeness (QED) is 0.824. The summed E-state index contributed by atoms with van der Waals surface area (Å²) < 4.78 is 1.00. The number of rotatable bonds is 5. The summed E-state index contributed by atoms with van der Waals surface area (Å²) in [7, 11) is 0. The number of Topliss-reactive ketones (excluding diaryl/α,β-unsaturated/α-hetero) is 1. The monoisotopic (exact) mass is 257 g/mol. The van der Waals surface area contributed by atoms with Gasteiger partial charge >= 0.3 is 0 Å². The Morgan fingerprint density at radius 1 is 1.69 bits per heavy atom. The lowest BCUT2D eigenvalue weighted by molar-refractivity contribution is -0.118. The Labute approximate surface area is 104 Å². The Hall–Kier alpha value is -0.650. The largest absolute Gasteiger partial charge is 0.388 e. The summed E-state index contributed by atoms with van der Waals surface area (Å²) in [5.74, 6) is -0.0108. The van der Waals surface area contributed by atoms with E-state index in [0.29, 0.717) is 0 Å². The Bertz CT molecular complexity index is 398. The van der Waals surface area contributed by atoms with Crippen molar-refractivity contribution in [3.63, 3.8) is 0 Å². The van der Waals surface area contributed by atoms with Crippen LogP contribution in [0.5, 0.6) is 0 Å². The Morgan fingerprint density at radius 3 is 2.88 bits per heavy atom. The molecule has 3 nitrogen and oxygen atoms in total. The lowest BCUT2D eigenvalue weighted by Gasteiger charge is -2.08. The van der Waals surface area contributed by atoms with Crippen LogP contribution in [0.1, 0.15) is 26.0 Å². The molecule has 0 aliphatic carbocycles. The fourth-order valence-electron chi connectivity index (χ4n) is 1.19. The van der Waals surface area contributed by atoms with Crippen LogP contribution in [0.25, 0.3) is 6.08 Å². The first-order valence-electron chi connectivity index (χ1n) is 4.88. The summed E-state index contributed by atoms with van der Waals surface area (Å²) in [5, 5.41) is 11.6. The van der Waals surface area contributed by atoms with Gasteiger partial charge in [0.2, 0.25) is 0 Å². The van der Waals surface area contributed by atoms with Crippen LogP contribution >= 0.6 is 23.1 Å². The van der Waals surface area contributed by atoms with Gasteiger partial charge in [0.25, 0.3) is 0 Å². The summed E-state index contributed by atoms with van der Waals surface area (Å²) in [6.07, 6.45) is 3.27. The molecule has 1 aromatic heterocycles. The molecule has 88 valence electrons. The smallest absolute Gasteiger partial charge is 0.150 e. The maximum Gasteiger partial charge on any atom is 0.150 e. The normalized spacial score (nSPS) is 13.9. The molecule has 1 aromatic rings. The third kappa shape index (κ3) is 4.08. The summed E-state index contributed by atoms with van der Waals surface area (Å²) in [4.78, 5) is 15.2. The molecule has 1 N–H and O–H groups in total. The van der Waals surface area contributed by atoms with Gasteiger partial charge in [-0.1, -0.05) is 11.8 Å². The van der Waals surface area contributed by atoms with Gasteiger partial charge in [-0.25, -0.2) is 4.98 Å². The molecule has 0 saturated carbocycles. The first-order chi connectivity index (χ1) is 7.52. The van der Waals surface area contributed by atoms with Crippen molar-refractivity contribution in [3.8, 4) is 0 Å². The van der Waals surface area contributed by atoms with Crippen molar-refractivity contribution in [2.45, 2.75) is 30.7 Å². The van der Waals surface area contributed by atoms with Gasteiger partial charge < -0.3 is 5.11 Å². The zero-order valence-corrected chi connectivity index (χ0v) is 11.2. The van der Waals surface area contributed by atoms with Gasteiger partial charge in [-0.2, -0.15) is 0 Å². The first-order valence-corrected chi connectivity index (χ1v) is 6.98. The molecule has 0 aliphatic rings. The molecule has 16 heavy (non-hydrogen) atoms. The lowest BCUT2D eigenvalue weighted by atomic mass is 10.1. The van der Waals surface area contributed by atoms with Crippen molar-refractivity contribution in [3.05, 3.63) is 16.6 Å². The third-order valence-electron chi connectivity index (χ3n) is 2.06. The fraction of sp³-hybridized carbons (Fsp3) is 0.455. The van der Waals surface area contributed by atoms with Crippen molar-refractivity contribution in [1.82, 2.24) is 4.98 Å². The van der Waals surface area contributed by atoms with Crippen molar-refractivity contribution in [2.24, 2.45) is 0 Å². The molecule has 0 radical (unpaired) electrons. The summed E-state index contributed by atoms with van der Waals surface area (Å²) >= 11 is 3.17. The number of aliphatic hydroxyl groups is 1. The predicted molar refractivity (Wildman–Crippen MR) is 68.9 cm³/mol. The van der Waals surface area contributed by atoms with Crippen LogP contribution in [0, 0.1) is 0 Å². The number of hydrogen-bond donors (Lipinski definition) is 1. The highest BCUT2D eigenvalue weighted by Crippen LogP contribution is 2.21. The highest BCUT2D eigenvalue weighted by Gasteiger charge is 2.09. The molecule has 0 bridgehead atoms. The number of carbonyl (C=O) groups excluding carboxylic acids is 1. The molecular weight excluding hydrogens is 242 g/mol. The number of carbonyl (C=O) groups is 1. The third-order valence-corrected chi connectivity index (χ3v) is 3.94. The van der Waals surface area contributed by atoms with Crippen molar-refractivity contribution in [1.29, 1.82) is 0 Å². The zero-order chi connectivity index (χ0) is 12.1. The van der Waals surface area contributed by atoms with Crippen LogP contribution in [0.15, 0.2) is 15.3 Å². The van der Waals surface area contributed by atoms with Gasteiger partial charge in [0.15, 0.2) is 0 Å². The van der Waals surface area contributed by atoms with Gasteiger partial charge in [0.1, 0.15) is 10.1 Å². The minimum atomic E-state index is -0.697. The van der Waals surface area contributed by atoms with E-state index in [9.17, 15) is 9.90 Å². The van der Waals surface area contributed by atoms with E-state index >= 15 is 0 Å².